The lowest BCUT2D eigenvalue weighted by atomic mass is 9.68. The molecule has 46 heavy (non-hydrogen) atoms. The summed E-state index contributed by atoms with van der Waals surface area (Å²) in [6.07, 6.45) is -4.16. The maximum atomic E-state index is 14.0. The molecule has 4 unspecified atom stereocenters. The zero-order valence-electron chi connectivity index (χ0n) is 24.7. The molecule has 1 saturated heterocycles. The standard InChI is InChI=1S/C32H29F3N2O7S2/c1-3-42-20-11-14(9-10-19(20)44-13-21(38)43-4-2)22-23-15-12-16(26(23)45-28-27(22)46-31(41)36-28)25-24(15)29(39)37(30(25)40)18-8-6-5-7-17(18)32(33,34)35/h5-11,15-16,22-26H,3-4,12-13H2,1-2H3,(H,36,41)/t15-,16-,22-,23?,24?,25?,26?/m1/s1. The number of thiazole rings is 1. The van der Waals surface area contributed by atoms with E-state index in [4.69, 9.17) is 14.2 Å². The van der Waals surface area contributed by atoms with Crippen molar-refractivity contribution in [1.29, 1.82) is 0 Å². The molecule has 7 rings (SSSR count). The molecule has 2 aliphatic carbocycles. The Morgan fingerprint density at radius 1 is 0.978 bits per heavy atom. The van der Waals surface area contributed by atoms with E-state index < -0.39 is 47.0 Å². The molecule has 7 atom stereocenters. The number of hydrogen-bond acceptors (Lipinski definition) is 9. The van der Waals surface area contributed by atoms with Crippen molar-refractivity contribution < 1.29 is 41.8 Å². The summed E-state index contributed by atoms with van der Waals surface area (Å²) in [5.74, 6) is -3.57. The van der Waals surface area contributed by atoms with Crippen LogP contribution < -0.4 is 19.2 Å². The van der Waals surface area contributed by atoms with Crippen LogP contribution in [0.1, 0.15) is 42.2 Å². The number of esters is 1. The second-order valence-corrected chi connectivity index (χ2v) is 13.9. The predicted molar refractivity (Wildman–Crippen MR) is 162 cm³/mol. The Bertz CT molecular complexity index is 1790. The van der Waals surface area contributed by atoms with E-state index in [0.717, 1.165) is 32.7 Å². The number of rotatable bonds is 8. The van der Waals surface area contributed by atoms with Gasteiger partial charge in [-0.3, -0.25) is 14.4 Å². The van der Waals surface area contributed by atoms with E-state index in [0.29, 0.717) is 29.6 Å². The number of aromatic nitrogens is 1. The Kier molecular flexibility index (Phi) is 7.70. The average Bonchev–Trinajstić information content (AvgIpc) is 3.75. The lowest BCUT2D eigenvalue weighted by Gasteiger charge is -2.43. The number of aromatic amines is 1. The van der Waals surface area contributed by atoms with Gasteiger partial charge in [-0.2, -0.15) is 13.2 Å². The van der Waals surface area contributed by atoms with Gasteiger partial charge in [-0.05, 0) is 67.9 Å². The van der Waals surface area contributed by atoms with E-state index in [1.807, 2.05) is 19.1 Å². The number of imide groups is 1. The first kappa shape index (κ1) is 30.9. The van der Waals surface area contributed by atoms with Gasteiger partial charge in [-0.15, -0.1) is 11.8 Å². The summed E-state index contributed by atoms with van der Waals surface area (Å²) in [7, 11) is 0. The average molecular weight is 675 g/mol. The highest BCUT2D eigenvalue weighted by Gasteiger charge is 2.70. The van der Waals surface area contributed by atoms with Crippen LogP contribution >= 0.6 is 23.1 Å². The summed E-state index contributed by atoms with van der Waals surface area (Å²) >= 11 is 2.57. The molecule has 4 aliphatic rings. The molecule has 2 amide bonds. The van der Waals surface area contributed by atoms with Gasteiger partial charge in [0.1, 0.15) is 0 Å². The number of para-hydroxylation sites is 1. The number of carbonyl (C=O) groups excluding carboxylic acids is 3. The number of alkyl halides is 3. The molecule has 0 spiro atoms. The first-order valence-electron chi connectivity index (χ1n) is 15.0. The van der Waals surface area contributed by atoms with Gasteiger partial charge in [0, 0.05) is 16.0 Å². The van der Waals surface area contributed by atoms with Crippen LogP contribution in [0.15, 0.2) is 52.3 Å². The smallest absolute Gasteiger partial charge is 0.418 e. The lowest BCUT2D eigenvalue weighted by molar-refractivity contribution is -0.145. The Hall–Kier alpha value is -3.78. The molecular weight excluding hydrogens is 645 g/mol. The third-order valence-corrected chi connectivity index (χ3v) is 12.0. The van der Waals surface area contributed by atoms with Crippen molar-refractivity contribution in [2.75, 3.05) is 24.7 Å². The number of H-pyrrole nitrogens is 1. The van der Waals surface area contributed by atoms with Crippen molar-refractivity contribution in [3.63, 3.8) is 0 Å². The first-order chi connectivity index (χ1) is 22.0. The Morgan fingerprint density at radius 2 is 1.72 bits per heavy atom. The van der Waals surface area contributed by atoms with Gasteiger partial charge in [0.15, 0.2) is 18.1 Å². The van der Waals surface area contributed by atoms with Crippen LogP contribution in [0, 0.1) is 29.6 Å². The van der Waals surface area contributed by atoms with Crippen molar-refractivity contribution in [1.82, 2.24) is 4.98 Å². The van der Waals surface area contributed by atoms with Gasteiger partial charge in [0.05, 0.1) is 41.3 Å². The zero-order valence-corrected chi connectivity index (χ0v) is 26.3. The van der Waals surface area contributed by atoms with Crippen LogP contribution in [0.5, 0.6) is 11.5 Å². The van der Waals surface area contributed by atoms with E-state index in [2.05, 4.69) is 4.98 Å². The zero-order chi connectivity index (χ0) is 32.5. The number of benzene rings is 2. The Balaban J connectivity index is 1.27. The number of carbonyl (C=O) groups is 3. The fraction of sp³-hybridized carbons (Fsp3) is 0.438. The molecule has 2 saturated carbocycles. The van der Waals surface area contributed by atoms with Crippen molar-refractivity contribution in [2.45, 2.75) is 42.6 Å². The maximum Gasteiger partial charge on any atom is 0.418 e. The van der Waals surface area contributed by atoms with E-state index in [9.17, 15) is 32.3 Å². The van der Waals surface area contributed by atoms with Crippen LogP contribution in [-0.2, 0) is 25.3 Å². The van der Waals surface area contributed by atoms with Crippen molar-refractivity contribution in [3.05, 3.63) is 68.1 Å². The summed E-state index contributed by atoms with van der Waals surface area (Å²) in [6.45, 7) is 3.73. The van der Waals surface area contributed by atoms with Gasteiger partial charge < -0.3 is 19.2 Å². The second kappa shape index (κ2) is 11.5. The number of fused-ring (bicyclic) bond motifs is 9. The summed E-state index contributed by atoms with van der Waals surface area (Å²) < 4.78 is 58.4. The lowest BCUT2D eigenvalue weighted by Crippen LogP contribution is -2.42. The maximum absolute atomic E-state index is 14.0. The fourth-order valence-corrected chi connectivity index (χ4v) is 10.9. The van der Waals surface area contributed by atoms with Crippen LogP contribution in [0.2, 0.25) is 0 Å². The van der Waals surface area contributed by atoms with Crippen LogP contribution in [0.4, 0.5) is 18.9 Å². The minimum absolute atomic E-state index is 0.154. The van der Waals surface area contributed by atoms with Crippen molar-refractivity contribution in [3.8, 4) is 11.5 Å². The molecule has 0 radical (unpaired) electrons. The van der Waals surface area contributed by atoms with Crippen molar-refractivity contribution in [2.24, 2.45) is 29.6 Å². The molecule has 3 aromatic rings. The molecule has 14 heteroatoms. The number of anilines is 1. The number of thioether (sulfide) groups is 1. The molecular formula is C32H29F3N2O7S2. The number of nitrogens with one attached hydrogen (secondary N) is 1. The van der Waals surface area contributed by atoms with Gasteiger partial charge in [0.2, 0.25) is 11.8 Å². The van der Waals surface area contributed by atoms with E-state index in [1.54, 1.807) is 13.0 Å². The van der Waals surface area contributed by atoms with Gasteiger partial charge >= 0.3 is 17.0 Å². The number of amides is 2. The minimum Gasteiger partial charge on any atom is -0.490 e. The molecule has 2 bridgehead atoms. The third kappa shape index (κ3) is 4.83. The Morgan fingerprint density at radius 3 is 2.43 bits per heavy atom. The fourth-order valence-electron chi connectivity index (χ4n) is 7.98. The van der Waals surface area contributed by atoms with E-state index in [1.165, 1.54) is 30.0 Å². The summed E-state index contributed by atoms with van der Waals surface area (Å²) in [5, 5.41) is 0.542. The van der Waals surface area contributed by atoms with Crippen molar-refractivity contribution >= 4 is 46.6 Å². The second-order valence-electron chi connectivity index (χ2n) is 11.7. The van der Waals surface area contributed by atoms with Gasteiger partial charge in [0.25, 0.3) is 0 Å². The highest BCUT2D eigenvalue weighted by atomic mass is 32.2. The predicted octanol–water partition coefficient (Wildman–Crippen LogP) is 5.47. The molecule has 2 aliphatic heterocycles. The van der Waals surface area contributed by atoms with Gasteiger partial charge in [-0.1, -0.05) is 29.5 Å². The third-order valence-electron chi connectivity index (χ3n) is 9.45. The molecule has 9 nitrogen and oxygen atoms in total. The number of ether oxygens (including phenoxy) is 3. The molecule has 3 heterocycles. The topological polar surface area (TPSA) is 115 Å². The van der Waals surface area contributed by atoms with Crippen LogP contribution in [0.3, 0.4) is 0 Å². The molecule has 3 fully saturated rings. The SMILES string of the molecule is CCOC(=O)COc1ccc([C@H]2c3sc(=O)[nH]c3SC3C2[C@H]2C[C@@H]3C3C(=O)N(c4ccccc4C(F)(F)F)C(=O)C32)cc1OCC. The molecule has 1 aromatic heterocycles. The monoisotopic (exact) mass is 674 g/mol. The summed E-state index contributed by atoms with van der Waals surface area (Å²) in [4.78, 5) is 56.7. The normalized spacial score (nSPS) is 27.8. The largest absolute Gasteiger partial charge is 0.490 e. The quantitative estimate of drug-likeness (QED) is 0.247. The summed E-state index contributed by atoms with van der Waals surface area (Å²) in [5.41, 5.74) is -0.657. The number of hydrogen-bond donors (Lipinski definition) is 1. The minimum atomic E-state index is -4.74. The molecule has 2 aromatic carbocycles. The Labute approximate surface area is 269 Å². The highest BCUT2D eigenvalue weighted by Crippen LogP contribution is 2.69. The first-order valence-corrected chi connectivity index (χ1v) is 16.7. The molecule has 242 valence electrons. The molecule has 1 N–H and O–H groups in total. The number of nitrogens with zero attached hydrogens (tertiary/aromatic N) is 1. The van der Waals surface area contributed by atoms with E-state index >= 15 is 0 Å². The van der Waals surface area contributed by atoms with Crippen LogP contribution in [0.25, 0.3) is 0 Å². The van der Waals surface area contributed by atoms with Gasteiger partial charge in [-0.25, -0.2) is 9.69 Å². The van der Waals surface area contributed by atoms with Crippen LogP contribution in [-0.4, -0.2) is 47.8 Å². The number of halogens is 3. The van der Waals surface area contributed by atoms with E-state index in [-0.39, 0.29) is 47.0 Å². The highest BCUT2D eigenvalue weighted by molar-refractivity contribution is 8.00. The summed E-state index contributed by atoms with van der Waals surface area (Å²) in [6, 6.07) is 10.0.